The average molecular weight is 416 g/mol. The van der Waals surface area contributed by atoms with Crippen molar-refractivity contribution in [1.29, 1.82) is 0 Å². The van der Waals surface area contributed by atoms with Gasteiger partial charge in [0.05, 0.1) is 10.9 Å². The van der Waals surface area contributed by atoms with Gasteiger partial charge in [0.25, 0.3) is 0 Å². The molecule has 1 aliphatic heterocycles. The van der Waals surface area contributed by atoms with Crippen molar-refractivity contribution in [2.75, 3.05) is 11.4 Å². The second-order valence-corrected chi connectivity index (χ2v) is 10.3. The van der Waals surface area contributed by atoms with Crippen LogP contribution in [-0.2, 0) is 10.0 Å². The Kier molecular flexibility index (Phi) is 6.64. The van der Waals surface area contributed by atoms with Crippen LogP contribution in [0.5, 0.6) is 0 Å². The predicted octanol–water partition coefficient (Wildman–Crippen LogP) is 4.93. The largest absolute Gasteiger partial charge is 0.351 e. The zero-order valence-corrected chi connectivity index (χ0v) is 19.0. The maximum Gasteiger partial charge on any atom is 0.243 e. The molecule has 0 unspecified atom stereocenters. The standard InChI is InChI=1S/C23H33N3O2S/c1-17(2)26(18(3)4)23-21(9-8-15-24-23)22-10-6-7-16-25(22)29(27,28)20-13-11-19(5)12-14-20/h8-9,11-15,17-18,22H,6-7,10,16H2,1-5H3/t22-/m1/s1. The summed E-state index contributed by atoms with van der Waals surface area (Å²) in [6.07, 6.45) is 4.52. The number of anilines is 1. The van der Waals surface area contributed by atoms with Crippen molar-refractivity contribution < 1.29 is 8.42 Å². The molecule has 6 heteroatoms. The van der Waals surface area contributed by atoms with Crippen LogP contribution < -0.4 is 4.90 Å². The van der Waals surface area contributed by atoms with E-state index < -0.39 is 10.0 Å². The quantitative estimate of drug-likeness (QED) is 0.671. The molecule has 1 saturated heterocycles. The predicted molar refractivity (Wildman–Crippen MR) is 119 cm³/mol. The van der Waals surface area contributed by atoms with E-state index in [9.17, 15) is 8.42 Å². The van der Waals surface area contributed by atoms with Crippen molar-refractivity contribution >= 4 is 15.8 Å². The van der Waals surface area contributed by atoms with Crippen molar-refractivity contribution in [3.8, 4) is 0 Å². The maximum atomic E-state index is 13.5. The van der Waals surface area contributed by atoms with Crippen molar-refractivity contribution in [2.24, 2.45) is 0 Å². The monoisotopic (exact) mass is 415 g/mol. The van der Waals surface area contributed by atoms with Gasteiger partial charge in [-0.2, -0.15) is 4.31 Å². The van der Waals surface area contributed by atoms with Gasteiger partial charge < -0.3 is 4.90 Å². The molecule has 2 aromatic rings. The molecule has 0 spiro atoms. The van der Waals surface area contributed by atoms with Crippen LogP contribution in [0.2, 0.25) is 0 Å². The van der Waals surface area contributed by atoms with E-state index in [0.29, 0.717) is 11.4 Å². The molecule has 0 N–H and O–H groups in total. The third kappa shape index (κ3) is 4.48. The summed E-state index contributed by atoms with van der Waals surface area (Å²) >= 11 is 0. The van der Waals surface area contributed by atoms with Crippen LogP contribution in [0.4, 0.5) is 5.82 Å². The Balaban J connectivity index is 2.06. The minimum atomic E-state index is -3.57. The summed E-state index contributed by atoms with van der Waals surface area (Å²) in [5.41, 5.74) is 2.06. The summed E-state index contributed by atoms with van der Waals surface area (Å²) in [6.45, 7) is 11.1. The van der Waals surface area contributed by atoms with Gasteiger partial charge in [-0.15, -0.1) is 0 Å². The first-order valence-electron chi connectivity index (χ1n) is 10.5. The van der Waals surface area contributed by atoms with Crippen LogP contribution in [0.1, 0.15) is 64.1 Å². The fourth-order valence-corrected chi connectivity index (χ4v) is 5.99. The summed E-state index contributed by atoms with van der Waals surface area (Å²) in [7, 11) is -3.57. The van der Waals surface area contributed by atoms with E-state index in [-0.39, 0.29) is 18.1 Å². The minimum absolute atomic E-state index is 0.196. The lowest BCUT2D eigenvalue weighted by molar-refractivity contribution is 0.255. The first-order chi connectivity index (χ1) is 13.7. The zero-order valence-electron chi connectivity index (χ0n) is 18.2. The highest BCUT2D eigenvalue weighted by atomic mass is 32.2. The Morgan fingerprint density at radius 3 is 2.31 bits per heavy atom. The topological polar surface area (TPSA) is 53.5 Å². The first-order valence-corrected chi connectivity index (χ1v) is 12.0. The molecule has 1 fully saturated rings. The van der Waals surface area contributed by atoms with Gasteiger partial charge in [-0.1, -0.05) is 30.2 Å². The fourth-order valence-electron chi connectivity index (χ4n) is 4.32. The molecule has 1 atom stereocenters. The molecule has 0 bridgehead atoms. The van der Waals surface area contributed by atoms with Crippen LogP contribution in [0.25, 0.3) is 0 Å². The molecule has 0 saturated carbocycles. The molecule has 2 heterocycles. The van der Waals surface area contributed by atoms with Crippen LogP contribution in [-0.4, -0.2) is 36.3 Å². The van der Waals surface area contributed by atoms with E-state index >= 15 is 0 Å². The number of piperidine rings is 1. The van der Waals surface area contributed by atoms with Gasteiger partial charge in [-0.3, -0.25) is 0 Å². The number of benzene rings is 1. The molecule has 3 rings (SSSR count). The minimum Gasteiger partial charge on any atom is -0.351 e. The van der Waals surface area contributed by atoms with Crippen molar-refractivity contribution in [3.05, 3.63) is 53.7 Å². The molecule has 5 nitrogen and oxygen atoms in total. The smallest absolute Gasteiger partial charge is 0.243 e. The fraction of sp³-hybridized carbons (Fsp3) is 0.522. The van der Waals surface area contributed by atoms with E-state index in [2.05, 4.69) is 32.6 Å². The van der Waals surface area contributed by atoms with Gasteiger partial charge in [0, 0.05) is 30.4 Å². The van der Waals surface area contributed by atoms with Crippen molar-refractivity contribution in [1.82, 2.24) is 9.29 Å². The van der Waals surface area contributed by atoms with Gasteiger partial charge in [0.1, 0.15) is 5.82 Å². The Morgan fingerprint density at radius 2 is 1.69 bits per heavy atom. The second kappa shape index (κ2) is 8.84. The molecule has 0 aliphatic carbocycles. The summed E-state index contributed by atoms with van der Waals surface area (Å²) in [5, 5.41) is 0. The van der Waals surface area contributed by atoms with Crippen LogP contribution in [0, 0.1) is 6.92 Å². The highest BCUT2D eigenvalue weighted by Gasteiger charge is 2.36. The summed E-state index contributed by atoms with van der Waals surface area (Å²) in [5.74, 6) is 0.897. The van der Waals surface area contributed by atoms with E-state index in [1.54, 1.807) is 22.6 Å². The van der Waals surface area contributed by atoms with E-state index in [1.165, 1.54) is 0 Å². The molecule has 0 amide bonds. The molecule has 1 aliphatic rings. The van der Waals surface area contributed by atoms with Gasteiger partial charge in [-0.05, 0) is 65.7 Å². The number of hydrogen-bond acceptors (Lipinski definition) is 4. The Bertz CT molecular complexity index is 915. The average Bonchev–Trinajstić information content (AvgIpc) is 2.68. The van der Waals surface area contributed by atoms with Crippen LogP contribution >= 0.6 is 0 Å². The van der Waals surface area contributed by atoms with Crippen molar-refractivity contribution in [2.45, 2.75) is 76.9 Å². The van der Waals surface area contributed by atoms with Gasteiger partial charge in [-0.25, -0.2) is 13.4 Å². The van der Waals surface area contributed by atoms with Gasteiger partial charge in [0.15, 0.2) is 0 Å². The van der Waals surface area contributed by atoms with Gasteiger partial charge in [0.2, 0.25) is 10.0 Å². The lowest BCUT2D eigenvalue weighted by Crippen LogP contribution is -2.42. The molecular weight excluding hydrogens is 382 g/mol. The number of rotatable bonds is 6. The number of nitrogens with zero attached hydrogens (tertiary/aromatic N) is 3. The van der Waals surface area contributed by atoms with Crippen LogP contribution in [0.15, 0.2) is 47.5 Å². The molecule has 158 valence electrons. The third-order valence-electron chi connectivity index (χ3n) is 5.61. The first kappa shape index (κ1) is 21.8. The lowest BCUT2D eigenvalue weighted by atomic mass is 9.97. The van der Waals surface area contributed by atoms with Crippen LogP contribution in [0.3, 0.4) is 0 Å². The molecule has 29 heavy (non-hydrogen) atoms. The molecule has 1 aromatic heterocycles. The Hall–Kier alpha value is -1.92. The normalized spacial score (nSPS) is 18.4. The van der Waals surface area contributed by atoms with E-state index in [0.717, 1.165) is 36.2 Å². The highest BCUT2D eigenvalue weighted by molar-refractivity contribution is 7.89. The summed E-state index contributed by atoms with van der Waals surface area (Å²) in [4.78, 5) is 7.35. The SMILES string of the molecule is Cc1ccc(S(=O)(=O)N2CCCC[C@@H]2c2cccnc2N(C(C)C)C(C)C)cc1. The second-order valence-electron chi connectivity index (χ2n) is 8.45. The number of sulfonamides is 1. The highest BCUT2D eigenvalue weighted by Crippen LogP contribution is 2.39. The van der Waals surface area contributed by atoms with Gasteiger partial charge >= 0.3 is 0 Å². The molecular formula is C23H33N3O2S. The summed E-state index contributed by atoms with van der Waals surface area (Å²) in [6, 6.07) is 11.5. The number of aromatic nitrogens is 1. The van der Waals surface area contributed by atoms with E-state index in [1.807, 2.05) is 31.2 Å². The zero-order chi connectivity index (χ0) is 21.2. The lowest BCUT2D eigenvalue weighted by Gasteiger charge is -2.39. The van der Waals surface area contributed by atoms with Crippen molar-refractivity contribution in [3.63, 3.8) is 0 Å². The molecule has 1 aromatic carbocycles. The Labute approximate surface area is 175 Å². The number of hydrogen-bond donors (Lipinski definition) is 0. The van der Waals surface area contributed by atoms with E-state index in [4.69, 9.17) is 4.98 Å². The Morgan fingerprint density at radius 1 is 1.03 bits per heavy atom. The number of aryl methyl sites for hydroxylation is 1. The number of pyridine rings is 1. The summed E-state index contributed by atoms with van der Waals surface area (Å²) < 4.78 is 28.7. The maximum absolute atomic E-state index is 13.5. The molecule has 0 radical (unpaired) electrons. The third-order valence-corrected chi connectivity index (χ3v) is 7.54.